The molecule has 1 aromatic rings. The van der Waals surface area contributed by atoms with Gasteiger partial charge in [-0.25, -0.2) is 4.79 Å². The van der Waals surface area contributed by atoms with Gasteiger partial charge in [0.05, 0.1) is 11.5 Å². The zero-order valence-corrected chi connectivity index (χ0v) is 10.9. The Morgan fingerprint density at radius 2 is 2.10 bits per heavy atom. The molecule has 1 aliphatic rings. The largest absolute Gasteiger partial charge is 0.478 e. The summed E-state index contributed by atoms with van der Waals surface area (Å²) in [7, 11) is 0. The molecule has 6 nitrogen and oxygen atoms in total. The molecule has 0 spiro atoms. The van der Waals surface area contributed by atoms with Crippen molar-refractivity contribution >= 4 is 17.8 Å². The van der Waals surface area contributed by atoms with Crippen molar-refractivity contribution in [3.05, 3.63) is 35.4 Å². The van der Waals surface area contributed by atoms with Crippen LogP contribution in [0.2, 0.25) is 0 Å². The average Bonchev–Trinajstić information content (AvgIpc) is 2.86. The number of aromatic carboxylic acids is 1. The molecule has 20 heavy (non-hydrogen) atoms. The number of hydrogen-bond acceptors (Lipinski definition) is 3. The summed E-state index contributed by atoms with van der Waals surface area (Å²) < 4.78 is 0. The number of hydrogen-bond donors (Lipinski definition) is 3. The summed E-state index contributed by atoms with van der Waals surface area (Å²) in [5.41, 5.74) is 0.931. The number of carbonyl (C=O) groups is 3. The van der Waals surface area contributed by atoms with Crippen molar-refractivity contribution in [2.24, 2.45) is 5.92 Å². The van der Waals surface area contributed by atoms with Gasteiger partial charge in [-0.3, -0.25) is 9.59 Å². The van der Waals surface area contributed by atoms with Crippen molar-refractivity contribution in [3.8, 4) is 0 Å². The second kappa shape index (κ2) is 6.18. The van der Waals surface area contributed by atoms with Crippen LogP contribution >= 0.6 is 0 Å². The number of carboxylic acids is 1. The van der Waals surface area contributed by atoms with Crippen LogP contribution in [0.5, 0.6) is 0 Å². The molecule has 3 N–H and O–H groups in total. The van der Waals surface area contributed by atoms with Gasteiger partial charge in [-0.1, -0.05) is 18.2 Å². The van der Waals surface area contributed by atoms with Gasteiger partial charge in [0, 0.05) is 19.5 Å². The van der Waals surface area contributed by atoms with Crippen LogP contribution in [0.4, 0.5) is 0 Å². The molecule has 0 aromatic heterocycles. The Morgan fingerprint density at radius 1 is 1.35 bits per heavy atom. The lowest BCUT2D eigenvalue weighted by atomic mass is 10.0. The summed E-state index contributed by atoms with van der Waals surface area (Å²) >= 11 is 0. The lowest BCUT2D eigenvalue weighted by molar-refractivity contribution is -0.126. The topological polar surface area (TPSA) is 95.5 Å². The first-order valence-electron chi connectivity index (χ1n) is 6.43. The molecule has 0 aliphatic carbocycles. The van der Waals surface area contributed by atoms with Crippen molar-refractivity contribution < 1.29 is 19.5 Å². The maximum Gasteiger partial charge on any atom is 0.335 e. The lowest BCUT2D eigenvalue weighted by Gasteiger charge is -2.10. The minimum absolute atomic E-state index is 0.110. The van der Waals surface area contributed by atoms with E-state index >= 15 is 0 Å². The van der Waals surface area contributed by atoms with Crippen LogP contribution < -0.4 is 10.6 Å². The summed E-state index contributed by atoms with van der Waals surface area (Å²) in [4.78, 5) is 33.8. The van der Waals surface area contributed by atoms with Gasteiger partial charge in [-0.05, 0) is 18.1 Å². The normalized spacial score (nSPS) is 17.6. The zero-order valence-electron chi connectivity index (χ0n) is 10.9. The van der Waals surface area contributed by atoms with Crippen molar-refractivity contribution in [1.82, 2.24) is 10.6 Å². The third-order valence-corrected chi connectivity index (χ3v) is 3.29. The van der Waals surface area contributed by atoms with E-state index in [1.165, 1.54) is 0 Å². The van der Waals surface area contributed by atoms with Gasteiger partial charge >= 0.3 is 5.97 Å². The van der Waals surface area contributed by atoms with E-state index in [1.54, 1.807) is 24.3 Å². The standard InChI is InChI=1S/C14H16N2O4/c17-12-7-10(8-16-12)13(18)15-6-5-9-3-1-2-4-11(9)14(19)20/h1-4,10H,5-8H2,(H,15,18)(H,16,17)(H,19,20). The highest BCUT2D eigenvalue weighted by atomic mass is 16.4. The van der Waals surface area contributed by atoms with E-state index < -0.39 is 5.97 Å². The summed E-state index contributed by atoms with van der Waals surface area (Å²) in [6.07, 6.45) is 0.667. The molecule has 1 aliphatic heterocycles. The van der Waals surface area contributed by atoms with Crippen LogP contribution in [-0.2, 0) is 16.0 Å². The molecular formula is C14H16N2O4. The highest BCUT2D eigenvalue weighted by Crippen LogP contribution is 2.10. The van der Waals surface area contributed by atoms with Crippen LogP contribution in [0.15, 0.2) is 24.3 Å². The highest BCUT2D eigenvalue weighted by Gasteiger charge is 2.27. The fraction of sp³-hybridized carbons (Fsp3) is 0.357. The molecule has 0 radical (unpaired) electrons. The first-order chi connectivity index (χ1) is 9.58. The Balaban J connectivity index is 1.85. The number of rotatable bonds is 5. The molecule has 1 aromatic carbocycles. The number of nitrogens with one attached hydrogen (secondary N) is 2. The predicted octanol–water partition coefficient (Wildman–Crippen LogP) is 0.180. The number of amides is 2. The first kappa shape index (κ1) is 14.0. The fourth-order valence-electron chi connectivity index (χ4n) is 2.20. The highest BCUT2D eigenvalue weighted by molar-refractivity contribution is 5.90. The maximum absolute atomic E-state index is 11.8. The minimum Gasteiger partial charge on any atom is -0.478 e. The van der Waals surface area contributed by atoms with Crippen LogP contribution in [-0.4, -0.2) is 36.0 Å². The lowest BCUT2D eigenvalue weighted by Crippen LogP contribution is -2.33. The third kappa shape index (κ3) is 3.34. The molecule has 2 rings (SSSR count). The van der Waals surface area contributed by atoms with Gasteiger partial charge in [0.15, 0.2) is 0 Å². The van der Waals surface area contributed by atoms with Crippen molar-refractivity contribution in [1.29, 1.82) is 0 Å². The van der Waals surface area contributed by atoms with Gasteiger partial charge in [0.2, 0.25) is 11.8 Å². The van der Waals surface area contributed by atoms with Gasteiger partial charge in [-0.15, -0.1) is 0 Å². The molecule has 2 amide bonds. The average molecular weight is 276 g/mol. The Bertz CT molecular complexity index is 542. The van der Waals surface area contributed by atoms with Gasteiger partial charge in [0.1, 0.15) is 0 Å². The van der Waals surface area contributed by atoms with Crippen LogP contribution in [0.1, 0.15) is 22.3 Å². The Kier molecular flexibility index (Phi) is 4.34. The van der Waals surface area contributed by atoms with Crippen LogP contribution in [0.25, 0.3) is 0 Å². The monoisotopic (exact) mass is 276 g/mol. The first-order valence-corrected chi connectivity index (χ1v) is 6.43. The molecule has 0 bridgehead atoms. The molecule has 6 heteroatoms. The van der Waals surface area contributed by atoms with Gasteiger partial charge in [0.25, 0.3) is 0 Å². The molecule has 1 fully saturated rings. The Morgan fingerprint density at radius 3 is 2.75 bits per heavy atom. The van der Waals surface area contributed by atoms with Gasteiger partial charge in [-0.2, -0.15) is 0 Å². The van der Waals surface area contributed by atoms with E-state index in [0.717, 1.165) is 0 Å². The molecule has 0 saturated carbocycles. The molecular weight excluding hydrogens is 260 g/mol. The molecule has 1 unspecified atom stereocenters. The quantitative estimate of drug-likeness (QED) is 0.715. The number of benzene rings is 1. The van der Waals surface area contributed by atoms with Crippen molar-refractivity contribution in [2.75, 3.05) is 13.1 Å². The van der Waals surface area contributed by atoms with E-state index in [0.29, 0.717) is 25.1 Å². The molecule has 1 saturated heterocycles. The Hall–Kier alpha value is -2.37. The van der Waals surface area contributed by atoms with E-state index in [4.69, 9.17) is 5.11 Å². The maximum atomic E-state index is 11.8. The Labute approximate surface area is 116 Å². The SMILES string of the molecule is O=C1CC(C(=O)NCCc2ccccc2C(=O)O)CN1. The minimum atomic E-state index is -0.975. The van der Waals surface area contributed by atoms with E-state index in [9.17, 15) is 14.4 Å². The fourth-order valence-corrected chi connectivity index (χ4v) is 2.20. The van der Waals surface area contributed by atoms with Gasteiger partial charge < -0.3 is 15.7 Å². The zero-order chi connectivity index (χ0) is 14.5. The molecule has 1 atom stereocenters. The number of carbonyl (C=O) groups excluding carboxylic acids is 2. The summed E-state index contributed by atoms with van der Waals surface area (Å²) in [6, 6.07) is 6.71. The second-order valence-electron chi connectivity index (χ2n) is 4.71. The predicted molar refractivity (Wildman–Crippen MR) is 71.2 cm³/mol. The van der Waals surface area contributed by atoms with Crippen LogP contribution in [0, 0.1) is 5.92 Å². The smallest absolute Gasteiger partial charge is 0.335 e. The summed E-state index contributed by atoms with van der Waals surface area (Å²) in [5.74, 6) is -1.58. The van der Waals surface area contributed by atoms with E-state index in [-0.39, 0.29) is 29.7 Å². The van der Waals surface area contributed by atoms with Crippen molar-refractivity contribution in [2.45, 2.75) is 12.8 Å². The van der Waals surface area contributed by atoms with Crippen LogP contribution in [0.3, 0.4) is 0 Å². The second-order valence-corrected chi connectivity index (χ2v) is 4.71. The molecule has 1 heterocycles. The molecule has 106 valence electrons. The number of carboxylic acid groups (broad SMARTS) is 1. The van der Waals surface area contributed by atoms with E-state index in [2.05, 4.69) is 10.6 Å². The summed E-state index contributed by atoms with van der Waals surface area (Å²) in [6.45, 7) is 0.726. The summed E-state index contributed by atoms with van der Waals surface area (Å²) in [5, 5.41) is 14.4. The van der Waals surface area contributed by atoms with E-state index in [1.807, 2.05) is 0 Å². The van der Waals surface area contributed by atoms with Crippen molar-refractivity contribution in [3.63, 3.8) is 0 Å². The third-order valence-electron chi connectivity index (χ3n) is 3.29.